The van der Waals surface area contributed by atoms with Crippen LogP contribution in [-0.2, 0) is 0 Å². The lowest BCUT2D eigenvalue weighted by Gasteiger charge is -2.03. The van der Waals surface area contributed by atoms with Crippen LogP contribution in [0.5, 0.6) is 0 Å². The molecule has 1 amide bonds. The fraction of sp³-hybridized carbons (Fsp3) is 0. The Morgan fingerprint density at radius 1 is 1.05 bits per heavy atom. The Hall–Kier alpha value is -2.73. The molecule has 5 nitrogen and oxygen atoms in total. The highest BCUT2D eigenvalue weighted by Gasteiger charge is 2.16. The molecular weight excluding hydrogens is 309 g/mol. The zero-order chi connectivity index (χ0) is 15.5. The van der Waals surface area contributed by atoms with Gasteiger partial charge in [-0.05, 0) is 46.7 Å². The van der Waals surface area contributed by atoms with Crippen LogP contribution in [0.1, 0.15) is 10.4 Å². The third-order valence-electron chi connectivity index (χ3n) is 2.94. The molecule has 0 bridgehead atoms. The monoisotopic (exact) mass is 317 g/mol. The number of anilines is 1. The molecule has 0 spiro atoms. The predicted molar refractivity (Wildman–Crippen MR) is 79.1 cm³/mol. The summed E-state index contributed by atoms with van der Waals surface area (Å²) in [5.41, 5.74) is 1.37. The van der Waals surface area contributed by atoms with Crippen LogP contribution in [0.4, 0.5) is 10.2 Å². The molecule has 1 aromatic heterocycles. The summed E-state index contributed by atoms with van der Waals surface area (Å²) in [6.07, 6.45) is 0. The Labute approximate surface area is 129 Å². The molecule has 1 N–H and O–H groups in total. The lowest BCUT2D eigenvalue weighted by Crippen LogP contribution is -2.12. The molecule has 0 aliphatic heterocycles. The van der Waals surface area contributed by atoms with E-state index in [1.807, 2.05) is 0 Å². The summed E-state index contributed by atoms with van der Waals surface area (Å²) in [6, 6.07) is 12.0. The van der Waals surface area contributed by atoms with Crippen LogP contribution >= 0.6 is 11.6 Å². The van der Waals surface area contributed by atoms with Gasteiger partial charge in [0.2, 0.25) is 5.82 Å². The number of benzene rings is 2. The van der Waals surface area contributed by atoms with E-state index >= 15 is 0 Å². The molecule has 0 aliphatic rings. The number of amides is 1. The highest BCUT2D eigenvalue weighted by molar-refractivity contribution is 6.30. The fourth-order valence-electron chi connectivity index (χ4n) is 1.85. The van der Waals surface area contributed by atoms with Crippen molar-refractivity contribution < 1.29 is 13.8 Å². The second kappa shape index (κ2) is 5.95. The van der Waals surface area contributed by atoms with E-state index in [0.29, 0.717) is 21.8 Å². The summed E-state index contributed by atoms with van der Waals surface area (Å²) in [6.45, 7) is 0. The standard InChI is InChI=1S/C15H9ClFN3O2/c16-11-5-1-9(2-6-11)13-14(20-22-19-13)18-15(21)10-3-7-12(17)8-4-10/h1-8H,(H,18,20,21). The van der Waals surface area contributed by atoms with Crippen LogP contribution in [0.2, 0.25) is 5.02 Å². The Balaban J connectivity index is 1.84. The van der Waals surface area contributed by atoms with Gasteiger partial charge >= 0.3 is 0 Å². The van der Waals surface area contributed by atoms with Crippen molar-refractivity contribution in [2.45, 2.75) is 0 Å². The molecule has 3 aromatic rings. The second-order valence-corrected chi connectivity index (χ2v) is 4.87. The van der Waals surface area contributed by atoms with Gasteiger partial charge in [-0.3, -0.25) is 4.79 Å². The Kier molecular flexibility index (Phi) is 3.84. The van der Waals surface area contributed by atoms with E-state index in [4.69, 9.17) is 11.6 Å². The fourth-order valence-corrected chi connectivity index (χ4v) is 1.97. The molecule has 0 fully saturated rings. The number of halogens is 2. The van der Waals surface area contributed by atoms with E-state index in [1.54, 1.807) is 24.3 Å². The van der Waals surface area contributed by atoms with Gasteiger partial charge in [0.05, 0.1) is 0 Å². The minimum atomic E-state index is -0.439. The number of hydrogen-bond acceptors (Lipinski definition) is 4. The van der Waals surface area contributed by atoms with Crippen molar-refractivity contribution in [3.8, 4) is 11.3 Å². The summed E-state index contributed by atoms with van der Waals surface area (Å²) in [4.78, 5) is 12.1. The van der Waals surface area contributed by atoms with E-state index in [-0.39, 0.29) is 5.82 Å². The van der Waals surface area contributed by atoms with Gasteiger partial charge in [-0.15, -0.1) is 0 Å². The predicted octanol–water partition coefficient (Wildman–Crippen LogP) is 3.78. The molecule has 22 heavy (non-hydrogen) atoms. The van der Waals surface area contributed by atoms with Crippen molar-refractivity contribution in [3.05, 3.63) is 64.9 Å². The number of aromatic nitrogens is 2. The van der Waals surface area contributed by atoms with Gasteiger partial charge < -0.3 is 5.32 Å². The van der Waals surface area contributed by atoms with Crippen molar-refractivity contribution in [2.75, 3.05) is 5.32 Å². The van der Waals surface area contributed by atoms with Gasteiger partial charge in [-0.1, -0.05) is 23.7 Å². The largest absolute Gasteiger partial charge is 0.302 e. The van der Waals surface area contributed by atoms with Crippen molar-refractivity contribution in [3.63, 3.8) is 0 Å². The summed E-state index contributed by atoms with van der Waals surface area (Å²) >= 11 is 5.83. The topological polar surface area (TPSA) is 68.0 Å². The summed E-state index contributed by atoms with van der Waals surface area (Å²) in [5, 5.41) is 10.6. The first-order valence-electron chi connectivity index (χ1n) is 6.29. The molecule has 7 heteroatoms. The number of hydrogen-bond donors (Lipinski definition) is 1. The van der Waals surface area contributed by atoms with Crippen LogP contribution < -0.4 is 5.32 Å². The molecule has 0 atom stereocenters. The third-order valence-corrected chi connectivity index (χ3v) is 3.20. The minimum Gasteiger partial charge on any atom is -0.302 e. The molecule has 0 aliphatic carbocycles. The zero-order valence-electron chi connectivity index (χ0n) is 11.1. The van der Waals surface area contributed by atoms with Crippen LogP contribution in [0.3, 0.4) is 0 Å². The van der Waals surface area contributed by atoms with Gasteiger partial charge in [-0.2, -0.15) is 0 Å². The lowest BCUT2D eigenvalue weighted by atomic mass is 10.1. The van der Waals surface area contributed by atoms with E-state index in [1.165, 1.54) is 24.3 Å². The number of carbonyl (C=O) groups is 1. The van der Waals surface area contributed by atoms with Crippen LogP contribution in [-0.4, -0.2) is 16.2 Å². The van der Waals surface area contributed by atoms with Gasteiger partial charge in [0.25, 0.3) is 5.91 Å². The van der Waals surface area contributed by atoms with Gasteiger partial charge in [-0.25, -0.2) is 9.02 Å². The first kappa shape index (κ1) is 14.2. The quantitative estimate of drug-likeness (QED) is 0.798. The zero-order valence-corrected chi connectivity index (χ0v) is 11.8. The number of rotatable bonds is 3. The smallest absolute Gasteiger partial charge is 0.256 e. The highest BCUT2D eigenvalue weighted by atomic mass is 35.5. The molecule has 0 unspecified atom stereocenters. The molecule has 0 saturated carbocycles. The normalized spacial score (nSPS) is 10.5. The van der Waals surface area contributed by atoms with Crippen LogP contribution in [0.25, 0.3) is 11.3 Å². The lowest BCUT2D eigenvalue weighted by molar-refractivity contribution is 0.102. The summed E-state index contributed by atoms with van der Waals surface area (Å²) < 4.78 is 17.5. The minimum absolute atomic E-state index is 0.177. The molecule has 110 valence electrons. The van der Waals surface area contributed by atoms with E-state index < -0.39 is 11.7 Å². The maximum Gasteiger partial charge on any atom is 0.256 e. The second-order valence-electron chi connectivity index (χ2n) is 4.43. The number of nitrogens with zero attached hydrogens (tertiary/aromatic N) is 2. The van der Waals surface area contributed by atoms with Gasteiger partial charge in [0.1, 0.15) is 5.82 Å². The van der Waals surface area contributed by atoms with Crippen molar-refractivity contribution in [1.82, 2.24) is 10.3 Å². The van der Waals surface area contributed by atoms with Crippen molar-refractivity contribution in [2.24, 2.45) is 0 Å². The van der Waals surface area contributed by atoms with Crippen LogP contribution in [0.15, 0.2) is 53.2 Å². The Morgan fingerprint density at radius 3 is 2.41 bits per heavy atom. The van der Waals surface area contributed by atoms with E-state index in [0.717, 1.165) is 0 Å². The summed E-state index contributed by atoms with van der Waals surface area (Å²) in [7, 11) is 0. The SMILES string of the molecule is O=C(Nc1nonc1-c1ccc(Cl)cc1)c1ccc(F)cc1. The van der Waals surface area contributed by atoms with Gasteiger partial charge in [0, 0.05) is 16.1 Å². The first-order chi connectivity index (χ1) is 10.6. The van der Waals surface area contributed by atoms with Crippen LogP contribution in [0, 0.1) is 5.82 Å². The van der Waals surface area contributed by atoms with E-state index in [9.17, 15) is 9.18 Å². The van der Waals surface area contributed by atoms with Crippen molar-refractivity contribution in [1.29, 1.82) is 0 Å². The molecule has 0 radical (unpaired) electrons. The maximum absolute atomic E-state index is 12.9. The Morgan fingerprint density at radius 2 is 1.73 bits per heavy atom. The van der Waals surface area contributed by atoms with E-state index in [2.05, 4.69) is 20.3 Å². The first-order valence-corrected chi connectivity index (χ1v) is 6.67. The average Bonchev–Trinajstić information content (AvgIpc) is 2.97. The molecular formula is C15H9ClFN3O2. The summed E-state index contributed by atoms with van der Waals surface area (Å²) in [5.74, 6) is -0.677. The van der Waals surface area contributed by atoms with Gasteiger partial charge in [0.15, 0.2) is 5.69 Å². The maximum atomic E-state index is 12.9. The molecule has 0 saturated heterocycles. The number of nitrogens with one attached hydrogen (secondary N) is 1. The molecule has 2 aromatic carbocycles. The Bertz CT molecular complexity index is 800. The molecule has 1 heterocycles. The third kappa shape index (κ3) is 2.96. The number of carbonyl (C=O) groups excluding carboxylic acids is 1. The average molecular weight is 318 g/mol. The van der Waals surface area contributed by atoms with Crippen molar-refractivity contribution >= 4 is 23.3 Å². The highest BCUT2D eigenvalue weighted by Crippen LogP contribution is 2.25. The molecule has 3 rings (SSSR count).